The van der Waals surface area contributed by atoms with Crippen LogP contribution in [0.4, 0.5) is 4.39 Å². The van der Waals surface area contributed by atoms with Gasteiger partial charge in [-0.25, -0.2) is 4.39 Å². The van der Waals surface area contributed by atoms with E-state index in [1.807, 2.05) is 16.8 Å². The minimum atomic E-state index is -0.345. The summed E-state index contributed by atoms with van der Waals surface area (Å²) in [6, 6.07) is 9.52. The number of amides is 2. The lowest BCUT2D eigenvalue weighted by molar-refractivity contribution is -0.129. The Bertz CT molecular complexity index is 1120. The highest BCUT2D eigenvalue weighted by Crippen LogP contribution is 2.39. The maximum Gasteiger partial charge on any atom is 0.246 e. The molecule has 1 atom stereocenters. The van der Waals surface area contributed by atoms with Gasteiger partial charge in [0.15, 0.2) is 0 Å². The Kier molecular flexibility index (Phi) is 5.62. The maximum absolute atomic E-state index is 13.5. The minimum Gasteiger partial charge on any atom is -0.359 e. The number of hydrogen-bond acceptors (Lipinski definition) is 4. The van der Waals surface area contributed by atoms with Crippen molar-refractivity contribution in [2.24, 2.45) is 0 Å². The number of carbonyl (C=O) groups is 2. The first-order valence-corrected chi connectivity index (χ1v) is 9.91. The lowest BCUT2D eigenvalue weighted by atomic mass is 9.98. The van der Waals surface area contributed by atoms with Crippen LogP contribution in [0.1, 0.15) is 18.2 Å². The molecule has 0 saturated carbocycles. The van der Waals surface area contributed by atoms with Crippen molar-refractivity contribution in [1.82, 2.24) is 25.0 Å². The second kappa shape index (κ2) is 8.51. The molecule has 8 heteroatoms. The molecule has 7 nitrogen and oxygen atoms in total. The summed E-state index contributed by atoms with van der Waals surface area (Å²) in [5, 5.41) is 7.48. The van der Waals surface area contributed by atoms with Crippen LogP contribution in [-0.2, 0) is 16.1 Å². The summed E-state index contributed by atoms with van der Waals surface area (Å²) in [6.45, 7) is 4.26. The van der Waals surface area contributed by atoms with Gasteiger partial charge in [0.25, 0.3) is 0 Å². The highest BCUT2D eigenvalue weighted by molar-refractivity contribution is 5.88. The van der Waals surface area contributed by atoms with Crippen LogP contribution >= 0.6 is 0 Å². The van der Waals surface area contributed by atoms with Crippen LogP contribution < -0.4 is 5.32 Å². The summed E-state index contributed by atoms with van der Waals surface area (Å²) in [5.74, 6) is -0.690. The van der Waals surface area contributed by atoms with E-state index < -0.39 is 0 Å². The van der Waals surface area contributed by atoms with Crippen LogP contribution in [0, 0.1) is 5.82 Å². The standard InChI is InChI=1S/C23H22FN5O2/c1-3-21(31)28-13-18(12-20(30)25-2)29-19(14-28)22(15-8-10-26-11-9-15)23(27-29)16-4-6-17(24)7-5-16/h3-11,18H,1,12-14H2,2H3,(H,25,30). The van der Waals surface area contributed by atoms with Crippen molar-refractivity contribution in [3.05, 3.63) is 73.0 Å². The summed E-state index contributed by atoms with van der Waals surface area (Å²) in [6.07, 6.45) is 4.82. The Morgan fingerprint density at radius 3 is 2.55 bits per heavy atom. The molecule has 2 aromatic heterocycles. The third kappa shape index (κ3) is 3.96. The van der Waals surface area contributed by atoms with Crippen molar-refractivity contribution in [1.29, 1.82) is 0 Å². The Morgan fingerprint density at radius 1 is 1.19 bits per heavy atom. The molecule has 3 aromatic rings. The van der Waals surface area contributed by atoms with E-state index in [0.717, 1.165) is 22.4 Å². The first kappa shape index (κ1) is 20.5. The van der Waals surface area contributed by atoms with E-state index in [4.69, 9.17) is 5.10 Å². The number of rotatable bonds is 5. The molecule has 0 aliphatic carbocycles. The third-order valence-corrected chi connectivity index (χ3v) is 5.40. The van der Waals surface area contributed by atoms with Gasteiger partial charge in [-0.1, -0.05) is 6.58 Å². The molecule has 0 spiro atoms. The zero-order valence-corrected chi connectivity index (χ0v) is 17.1. The number of nitrogens with zero attached hydrogens (tertiary/aromatic N) is 4. The Labute approximate surface area is 179 Å². The van der Waals surface area contributed by atoms with Crippen molar-refractivity contribution in [3.63, 3.8) is 0 Å². The third-order valence-electron chi connectivity index (χ3n) is 5.40. The van der Waals surface area contributed by atoms with Gasteiger partial charge in [-0.2, -0.15) is 5.10 Å². The fourth-order valence-electron chi connectivity index (χ4n) is 3.90. The first-order chi connectivity index (χ1) is 15.0. The van der Waals surface area contributed by atoms with Gasteiger partial charge in [-0.3, -0.25) is 19.3 Å². The van der Waals surface area contributed by atoms with Gasteiger partial charge < -0.3 is 10.2 Å². The van der Waals surface area contributed by atoms with Gasteiger partial charge in [0, 0.05) is 37.1 Å². The molecule has 1 aromatic carbocycles. The van der Waals surface area contributed by atoms with Crippen molar-refractivity contribution in [3.8, 4) is 22.4 Å². The largest absolute Gasteiger partial charge is 0.359 e. The molecule has 0 bridgehead atoms. The number of fused-ring (bicyclic) bond motifs is 1. The van der Waals surface area contributed by atoms with E-state index in [1.54, 1.807) is 36.5 Å². The summed E-state index contributed by atoms with van der Waals surface area (Å²) in [5.41, 5.74) is 3.92. The number of hydrogen-bond donors (Lipinski definition) is 1. The Morgan fingerprint density at radius 2 is 1.90 bits per heavy atom. The second-order valence-corrected chi connectivity index (χ2v) is 7.31. The molecule has 1 aliphatic rings. The van der Waals surface area contributed by atoms with Gasteiger partial charge in [-0.05, 0) is 48.0 Å². The van der Waals surface area contributed by atoms with Crippen molar-refractivity contribution < 1.29 is 14.0 Å². The molecule has 4 rings (SSSR count). The molecular weight excluding hydrogens is 397 g/mol. The number of pyridine rings is 1. The number of aromatic nitrogens is 3. The molecule has 31 heavy (non-hydrogen) atoms. The molecule has 158 valence electrons. The normalized spacial score (nSPS) is 15.3. The zero-order chi connectivity index (χ0) is 22.0. The van der Waals surface area contributed by atoms with Crippen LogP contribution in [0.3, 0.4) is 0 Å². The average molecular weight is 419 g/mol. The van der Waals surface area contributed by atoms with Crippen LogP contribution in [0.2, 0.25) is 0 Å². The van der Waals surface area contributed by atoms with Crippen molar-refractivity contribution in [2.75, 3.05) is 13.6 Å². The molecule has 2 amide bonds. The summed E-state index contributed by atoms with van der Waals surface area (Å²) in [4.78, 5) is 30.4. The molecule has 1 unspecified atom stereocenters. The average Bonchev–Trinajstić information content (AvgIpc) is 3.19. The lowest BCUT2D eigenvalue weighted by Crippen LogP contribution is -2.42. The fraction of sp³-hybridized carbons (Fsp3) is 0.217. The molecule has 3 heterocycles. The van der Waals surface area contributed by atoms with E-state index in [2.05, 4.69) is 16.9 Å². The molecule has 0 radical (unpaired) electrons. The number of benzene rings is 1. The van der Waals surface area contributed by atoms with Gasteiger partial charge in [0.1, 0.15) is 11.5 Å². The van der Waals surface area contributed by atoms with E-state index in [-0.39, 0.29) is 30.1 Å². The maximum atomic E-state index is 13.5. The number of carbonyl (C=O) groups excluding carboxylic acids is 2. The molecule has 0 saturated heterocycles. The van der Waals surface area contributed by atoms with Gasteiger partial charge in [0.05, 0.1) is 24.7 Å². The summed E-state index contributed by atoms with van der Waals surface area (Å²) < 4.78 is 15.4. The van der Waals surface area contributed by atoms with Crippen LogP contribution in [0.25, 0.3) is 22.4 Å². The summed E-state index contributed by atoms with van der Waals surface area (Å²) >= 11 is 0. The monoisotopic (exact) mass is 419 g/mol. The van der Waals surface area contributed by atoms with Gasteiger partial charge >= 0.3 is 0 Å². The molecular formula is C23H22FN5O2. The predicted molar refractivity (Wildman–Crippen MR) is 114 cm³/mol. The van der Waals surface area contributed by atoms with Crippen LogP contribution in [-0.4, -0.2) is 45.1 Å². The van der Waals surface area contributed by atoms with Crippen molar-refractivity contribution in [2.45, 2.75) is 19.0 Å². The molecule has 1 N–H and O–H groups in total. The molecule has 0 fully saturated rings. The Balaban J connectivity index is 1.92. The van der Waals surface area contributed by atoms with Crippen LogP contribution in [0.5, 0.6) is 0 Å². The highest BCUT2D eigenvalue weighted by atomic mass is 19.1. The van der Waals surface area contributed by atoms with Crippen LogP contribution in [0.15, 0.2) is 61.4 Å². The number of nitrogens with one attached hydrogen (secondary N) is 1. The summed E-state index contributed by atoms with van der Waals surface area (Å²) in [7, 11) is 1.58. The van der Waals surface area contributed by atoms with E-state index in [0.29, 0.717) is 18.8 Å². The topological polar surface area (TPSA) is 80.1 Å². The number of halogens is 1. The van der Waals surface area contributed by atoms with Crippen molar-refractivity contribution >= 4 is 11.8 Å². The van der Waals surface area contributed by atoms with E-state index in [9.17, 15) is 14.0 Å². The highest BCUT2D eigenvalue weighted by Gasteiger charge is 2.33. The quantitative estimate of drug-likeness (QED) is 0.645. The Hall–Kier alpha value is -3.81. The minimum absolute atomic E-state index is 0.145. The molecule has 1 aliphatic heterocycles. The predicted octanol–water partition coefficient (Wildman–Crippen LogP) is 2.96. The SMILES string of the molecule is C=CC(=O)N1Cc2c(-c3ccncc3)c(-c3ccc(F)cc3)nn2C(CC(=O)NC)C1. The smallest absolute Gasteiger partial charge is 0.246 e. The van der Waals surface area contributed by atoms with Gasteiger partial charge in [-0.15, -0.1) is 0 Å². The second-order valence-electron chi connectivity index (χ2n) is 7.31. The van der Waals surface area contributed by atoms with Gasteiger partial charge in [0.2, 0.25) is 11.8 Å². The fourth-order valence-corrected chi connectivity index (χ4v) is 3.90. The first-order valence-electron chi connectivity index (χ1n) is 9.91. The zero-order valence-electron chi connectivity index (χ0n) is 17.1. The van der Waals surface area contributed by atoms with E-state index >= 15 is 0 Å². The van der Waals surface area contributed by atoms with E-state index in [1.165, 1.54) is 18.2 Å². The lowest BCUT2D eigenvalue weighted by Gasteiger charge is -2.33.